The van der Waals surface area contributed by atoms with Crippen LogP contribution in [0.2, 0.25) is 0 Å². The minimum Gasteiger partial charge on any atom is -0.291 e. The van der Waals surface area contributed by atoms with Crippen LogP contribution >= 0.6 is 22.9 Å². The fourth-order valence-corrected chi connectivity index (χ4v) is 3.42. The zero-order valence-electron chi connectivity index (χ0n) is 10.6. The van der Waals surface area contributed by atoms with Crippen LogP contribution in [0, 0.1) is 11.6 Å². The van der Waals surface area contributed by atoms with Gasteiger partial charge in [-0.2, -0.15) is 0 Å². The summed E-state index contributed by atoms with van der Waals surface area (Å²) in [7, 11) is 0. The van der Waals surface area contributed by atoms with Crippen molar-refractivity contribution in [3.8, 4) is 0 Å². The van der Waals surface area contributed by atoms with Crippen molar-refractivity contribution in [2.45, 2.75) is 5.38 Å². The van der Waals surface area contributed by atoms with Gasteiger partial charge in [-0.05, 0) is 41.3 Å². The third kappa shape index (κ3) is 2.82. The lowest BCUT2D eigenvalue weighted by molar-refractivity contribution is 0.0991. The van der Waals surface area contributed by atoms with Crippen LogP contribution in [0.3, 0.4) is 0 Å². The van der Waals surface area contributed by atoms with Crippen LogP contribution in [0.5, 0.6) is 0 Å². The summed E-state index contributed by atoms with van der Waals surface area (Å²) >= 11 is 7.36. The van der Waals surface area contributed by atoms with Gasteiger partial charge in [-0.1, -0.05) is 18.2 Å². The summed E-state index contributed by atoms with van der Waals surface area (Å²) in [6.45, 7) is 0. The summed E-state index contributed by atoms with van der Waals surface area (Å²) in [4.78, 5) is 12.8. The molecule has 0 bridgehead atoms. The van der Waals surface area contributed by atoms with Crippen LogP contribution in [0.4, 0.5) is 8.78 Å². The Kier molecular flexibility index (Phi) is 3.74. The van der Waals surface area contributed by atoms with Crippen molar-refractivity contribution in [1.82, 2.24) is 0 Å². The summed E-state index contributed by atoms with van der Waals surface area (Å²) in [5.41, 5.74) is 0.534. The third-order valence-corrected chi connectivity index (χ3v) is 4.68. The number of alkyl halides is 1. The number of thiophene rings is 1. The Balaban J connectivity index is 1.94. The van der Waals surface area contributed by atoms with E-state index in [0.29, 0.717) is 15.1 Å². The van der Waals surface area contributed by atoms with Crippen LogP contribution in [0.25, 0.3) is 10.1 Å². The van der Waals surface area contributed by atoms with E-state index >= 15 is 0 Å². The SMILES string of the molecule is O=C(c1cc2ccc(F)cc2s1)C(Cl)c1ccc(F)cc1. The number of halogens is 3. The summed E-state index contributed by atoms with van der Waals surface area (Å²) in [5, 5.41) is -0.0868. The molecule has 106 valence electrons. The molecule has 0 fully saturated rings. The van der Waals surface area contributed by atoms with E-state index in [4.69, 9.17) is 11.6 Å². The number of fused-ring (bicyclic) bond motifs is 1. The maximum absolute atomic E-state index is 13.2. The highest BCUT2D eigenvalue weighted by Gasteiger charge is 2.21. The van der Waals surface area contributed by atoms with E-state index in [1.165, 1.54) is 47.7 Å². The second kappa shape index (κ2) is 5.54. The average molecular weight is 323 g/mol. The molecule has 1 atom stereocenters. The van der Waals surface area contributed by atoms with Gasteiger partial charge < -0.3 is 0 Å². The van der Waals surface area contributed by atoms with Crippen molar-refractivity contribution < 1.29 is 13.6 Å². The molecule has 1 unspecified atom stereocenters. The first-order valence-electron chi connectivity index (χ1n) is 6.17. The predicted octanol–water partition coefficient (Wildman–Crippen LogP) is 5.34. The molecule has 0 spiro atoms. The molecular formula is C16H9ClF2OS. The molecule has 21 heavy (non-hydrogen) atoms. The van der Waals surface area contributed by atoms with Gasteiger partial charge in [0.2, 0.25) is 0 Å². The smallest absolute Gasteiger partial charge is 0.195 e. The Labute approximate surface area is 128 Å². The molecule has 3 rings (SSSR count). The van der Waals surface area contributed by atoms with Crippen molar-refractivity contribution in [1.29, 1.82) is 0 Å². The Morgan fingerprint density at radius 3 is 2.38 bits per heavy atom. The van der Waals surface area contributed by atoms with Gasteiger partial charge in [0.05, 0.1) is 4.88 Å². The van der Waals surface area contributed by atoms with Crippen molar-refractivity contribution in [2.75, 3.05) is 0 Å². The zero-order chi connectivity index (χ0) is 15.0. The molecule has 0 aliphatic heterocycles. The molecule has 2 aromatic carbocycles. The Morgan fingerprint density at radius 1 is 1.00 bits per heavy atom. The van der Waals surface area contributed by atoms with E-state index in [1.807, 2.05) is 0 Å². The highest BCUT2D eigenvalue weighted by molar-refractivity contribution is 7.21. The molecule has 0 saturated heterocycles. The summed E-state index contributed by atoms with van der Waals surface area (Å²) in [6.07, 6.45) is 0. The number of benzene rings is 2. The Bertz CT molecular complexity index is 811. The molecular weight excluding hydrogens is 314 g/mol. The molecule has 0 saturated carbocycles. The van der Waals surface area contributed by atoms with Crippen molar-refractivity contribution in [2.24, 2.45) is 0 Å². The first kappa shape index (κ1) is 14.2. The molecule has 3 aromatic rings. The first-order chi connectivity index (χ1) is 10.0. The number of carbonyl (C=O) groups excluding carboxylic acids is 1. The second-order valence-corrected chi connectivity index (χ2v) is 6.09. The minimum atomic E-state index is -0.886. The molecule has 0 N–H and O–H groups in total. The van der Waals surface area contributed by atoms with E-state index in [2.05, 4.69) is 0 Å². The zero-order valence-corrected chi connectivity index (χ0v) is 12.2. The predicted molar refractivity (Wildman–Crippen MR) is 81.1 cm³/mol. The van der Waals surface area contributed by atoms with Crippen LogP contribution in [-0.2, 0) is 0 Å². The standard InChI is InChI=1S/C16H9ClF2OS/c17-15(9-1-4-11(18)5-2-9)16(20)14-7-10-3-6-12(19)8-13(10)21-14/h1-8,15H. The first-order valence-corrected chi connectivity index (χ1v) is 7.43. The van der Waals surface area contributed by atoms with Gasteiger partial charge in [-0.25, -0.2) is 8.78 Å². The lowest BCUT2D eigenvalue weighted by Gasteiger charge is -2.07. The molecule has 5 heteroatoms. The van der Waals surface area contributed by atoms with Crippen LogP contribution in [0.1, 0.15) is 20.6 Å². The summed E-state index contributed by atoms with van der Waals surface area (Å²) in [6, 6.07) is 11.5. The molecule has 0 amide bonds. The molecule has 0 aliphatic carbocycles. The van der Waals surface area contributed by atoms with Crippen molar-refractivity contribution >= 4 is 38.8 Å². The summed E-state index contributed by atoms with van der Waals surface area (Å²) < 4.78 is 26.8. The topological polar surface area (TPSA) is 17.1 Å². The van der Waals surface area contributed by atoms with Gasteiger partial charge in [0.25, 0.3) is 0 Å². The third-order valence-electron chi connectivity index (χ3n) is 3.12. The van der Waals surface area contributed by atoms with Crippen molar-refractivity contribution in [3.63, 3.8) is 0 Å². The number of hydrogen-bond donors (Lipinski definition) is 0. The van der Waals surface area contributed by atoms with E-state index in [0.717, 1.165) is 5.39 Å². The minimum absolute atomic E-state index is 0.273. The lowest BCUT2D eigenvalue weighted by atomic mass is 10.1. The second-order valence-electron chi connectivity index (χ2n) is 4.57. The van der Waals surface area contributed by atoms with Crippen molar-refractivity contribution in [3.05, 3.63) is 70.6 Å². The molecule has 1 nitrogen and oxygen atoms in total. The normalized spacial score (nSPS) is 12.5. The highest BCUT2D eigenvalue weighted by atomic mass is 35.5. The number of rotatable bonds is 3. The molecule has 1 heterocycles. The van der Waals surface area contributed by atoms with Gasteiger partial charge in [0, 0.05) is 4.70 Å². The van der Waals surface area contributed by atoms with Gasteiger partial charge >= 0.3 is 0 Å². The van der Waals surface area contributed by atoms with E-state index in [9.17, 15) is 13.6 Å². The average Bonchev–Trinajstić information content (AvgIpc) is 2.89. The highest BCUT2D eigenvalue weighted by Crippen LogP contribution is 2.32. The number of hydrogen-bond acceptors (Lipinski definition) is 2. The van der Waals surface area contributed by atoms with Gasteiger partial charge in [0.1, 0.15) is 17.0 Å². The number of Topliss-reactive ketones (excluding diaryl/α,β-unsaturated/α-hetero) is 1. The lowest BCUT2D eigenvalue weighted by Crippen LogP contribution is -2.05. The Morgan fingerprint density at radius 2 is 1.67 bits per heavy atom. The maximum Gasteiger partial charge on any atom is 0.195 e. The quantitative estimate of drug-likeness (QED) is 0.470. The van der Waals surface area contributed by atoms with Crippen LogP contribution in [0.15, 0.2) is 48.5 Å². The van der Waals surface area contributed by atoms with Gasteiger partial charge in [0.15, 0.2) is 5.78 Å². The summed E-state index contributed by atoms with van der Waals surface area (Å²) in [5.74, 6) is -0.999. The monoisotopic (exact) mass is 322 g/mol. The van der Waals surface area contributed by atoms with E-state index in [1.54, 1.807) is 12.1 Å². The fraction of sp³-hybridized carbons (Fsp3) is 0.0625. The fourth-order valence-electron chi connectivity index (χ4n) is 2.03. The molecule has 1 aromatic heterocycles. The van der Waals surface area contributed by atoms with Crippen LogP contribution in [-0.4, -0.2) is 5.78 Å². The van der Waals surface area contributed by atoms with E-state index in [-0.39, 0.29) is 17.4 Å². The number of carbonyl (C=O) groups is 1. The van der Waals surface area contributed by atoms with Crippen LogP contribution < -0.4 is 0 Å². The van der Waals surface area contributed by atoms with E-state index < -0.39 is 5.38 Å². The maximum atomic E-state index is 13.2. The molecule has 0 aliphatic rings. The largest absolute Gasteiger partial charge is 0.291 e. The molecule has 0 radical (unpaired) electrons. The number of ketones is 1. The van der Waals surface area contributed by atoms with Gasteiger partial charge in [-0.3, -0.25) is 4.79 Å². The van der Waals surface area contributed by atoms with Gasteiger partial charge in [-0.15, -0.1) is 22.9 Å². The Hall–Kier alpha value is -1.78.